The van der Waals surface area contributed by atoms with Crippen molar-refractivity contribution in [2.75, 3.05) is 0 Å². The number of hydrogen-bond acceptors (Lipinski definition) is 2. The molecule has 0 atom stereocenters. The minimum Gasteiger partial charge on any atom is -0.369 e. The summed E-state index contributed by atoms with van der Waals surface area (Å²) in [4.78, 5) is 27.2. The van der Waals surface area contributed by atoms with Crippen LogP contribution in [0.1, 0.15) is 16.7 Å². The third-order valence-electron chi connectivity index (χ3n) is 3.22. The molecule has 0 saturated heterocycles. The molecule has 26 heavy (non-hydrogen) atoms. The molecule has 5 nitrogen and oxygen atoms in total. The van der Waals surface area contributed by atoms with Gasteiger partial charge in [-0.1, -0.05) is 57.9 Å². The van der Waals surface area contributed by atoms with E-state index in [1.165, 1.54) is 12.2 Å². The SMILES string of the molecule is Cc1cccc(C=CC(=O)N=C(N)NC(=O)C=Cc2cccc(Br)c2)c1. The van der Waals surface area contributed by atoms with Crippen molar-refractivity contribution in [2.24, 2.45) is 10.7 Å². The van der Waals surface area contributed by atoms with E-state index in [1.807, 2.05) is 55.5 Å². The fourth-order valence-corrected chi connectivity index (χ4v) is 2.49. The van der Waals surface area contributed by atoms with Gasteiger partial charge in [-0.3, -0.25) is 14.9 Å². The molecule has 0 aliphatic heterocycles. The monoisotopic (exact) mass is 411 g/mol. The molecule has 0 unspecified atom stereocenters. The van der Waals surface area contributed by atoms with Crippen LogP contribution < -0.4 is 11.1 Å². The number of rotatable bonds is 4. The van der Waals surface area contributed by atoms with E-state index < -0.39 is 11.8 Å². The van der Waals surface area contributed by atoms with Gasteiger partial charge in [-0.05, 0) is 42.3 Å². The van der Waals surface area contributed by atoms with Crippen molar-refractivity contribution in [1.29, 1.82) is 0 Å². The maximum atomic E-state index is 11.8. The molecule has 2 amide bonds. The number of aliphatic imine (C=N–C) groups is 1. The van der Waals surface area contributed by atoms with Crippen LogP contribution in [0.5, 0.6) is 0 Å². The van der Waals surface area contributed by atoms with Crippen molar-refractivity contribution in [3.8, 4) is 0 Å². The Kier molecular flexibility index (Phi) is 7.05. The second kappa shape index (κ2) is 9.48. The lowest BCUT2D eigenvalue weighted by atomic mass is 10.1. The van der Waals surface area contributed by atoms with Crippen molar-refractivity contribution in [1.82, 2.24) is 5.32 Å². The Balaban J connectivity index is 1.92. The van der Waals surface area contributed by atoms with Crippen LogP contribution in [0.4, 0.5) is 0 Å². The number of amides is 2. The van der Waals surface area contributed by atoms with E-state index in [0.717, 1.165) is 21.2 Å². The summed E-state index contributed by atoms with van der Waals surface area (Å²) < 4.78 is 0.909. The highest BCUT2D eigenvalue weighted by molar-refractivity contribution is 9.10. The number of nitrogens with zero attached hydrogens (tertiary/aromatic N) is 1. The molecule has 6 heteroatoms. The summed E-state index contributed by atoms with van der Waals surface area (Å²) in [6.07, 6.45) is 5.89. The highest BCUT2D eigenvalue weighted by Gasteiger charge is 2.01. The summed E-state index contributed by atoms with van der Waals surface area (Å²) >= 11 is 3.35. The average Bonchev–Trinajstić information content (AvgIpc) is 2.58. The van der Waals surface area contributed by atoms with Crippen LogP contribution in [-0.2, 0) is 9.59 Å². The lowest BCUT2D eigenvalue weighted by molar-refractivity contribution is -0.115. The first-order chi connectivity index (χ1) is 12.4. The van der Waals surface area contributed by atoms with Gasteiger partial charge in [0.15, 0.2) is 0 Å². The second-order valence-corrected chi connectivity index (χ2v) is 6.38. The zero-order valence-electron chi connectivity index (χ0n) is 14.1. The topological polar surface area (TPSA) is 84.6 Å². The normalized spacial score (nSPS) is 11.8. The number of aryl methyl sites for hydroxylation is 1. The Morgan fingerprint density at radius 1 is 1.04 bits per heavy atom. The average molecular weight is 412 g/mol. The predicted molar refractivity (Wildman–Crippen MR) is 108 cm³/mol. The Morgan fingerprint density at radius 3 is 2.38 bits per heavy atom. The molecule has 0 bridgehead atoms. The zero-order chi connectivity index (χ0) is 18.9. The number of carbonyl (C=O) groups excluding carboxylic acids is 2. The molecule has 2 aromatic carbocycles. The number of halogens is 1. The van der Waals surface area contributed by atoms with Crippen LogP contribution in [-0.4, -0.2) is 17.8 Å². The summed E-state index contributed by atoms with van der Waals surface area (Å²) in [5, 5.41) is 2.34. The van der Waals surface area contributed by atoms with Crippen molar-refractivity contribution in [2.45, 2.75) is 6.92 Å². The van der Waals surface area contributed by atoms with Gasteiger partial charge in [0.2, 0.25) is 5.96 Å². The van der Waals surface area contributed by atoms with Crippen molar-refractivity contribution < 1.29 is 9.59 Å². The zero-order valence-corrected chi connectivity index (χ0v) is 15.7. The molecule has 2 rings (SSSR count). The molecule has 132 valence electrons. The number of carbonyl (C=O) groups is 2. The van der Waals surface area contributed by atoms with Gasteiger partial charge >= 0.3 is 0 Å². The van der Waals surface area contributed by atoms with Crippen LogP contribution in [0.25, 0.3) is 12.2 Å². The van der Waals surface area contributed by atoms with E-state index in [9.17, 15) is 9.59 Å². The summed E-state index contributed by atoms with van der Waals surface area (Å²) in [6, 6.07) is 15.1. The standard InChI is InChI=1S/C20H18BrN3O2/c1-14-4-2-5-15(12-14)8-10-18(25)23-20(22)24-19(26)11-9-16-6-3-7-17(21)13-16/h2-13H,1H3,(H3,22,23,24,25,26). The molecular formula is C20H18BrN3O2. The smallest absolute Gasteiger partial charge is 0.272 e. The van der Waals surface area contributed by atoms with Gasteiger partial charge in [0.05, 0.1) is 0 Å². The summed E-state index contributed by atoms with van der Waals surface area (Å²) in [5.74, 6) is -1.28. The second-order valence-electron chi connectivity index (χ2n) is 5.46. The predicted octanol–water partition coefficient (Wildman–Crippen LogP) is 3.44. The molecule has 0 saturated carbocycles. The fraction of sp³-hybridized carbons (Fsp3) is 0.0500. The van der Waals surface area contributed by atoms with E-state index >= 15 is 0 Å². The maximum Gasteiger partial charge on any atom is 0.272 e. The number of nitrogens with two attached hydrogens (primary N) is 1. The van der Waals surface area contributed by atoms with Crippen LogP contribution in [0, 0.1) is 6.92 Å². The van der Waals surface area contributed by atoms with E-state index in [0.29, 0.717) is 0 Å². The molecule has 0 heterocycles. The fourth-order valence-electron chi connectivity index (χ4n) is 2.08. The Bertz CT molecular complexity index is 901. The Morgan fingerprint density at radius 2 is 1.69 bits per heavy atom. The van der Waals surface area contributed by atoms with Crippen molar-refractivity contribution >= 4 is 45.9 Å². The van der Waals surface area contributed by atoms with E-state index in [2.05, 4.69) is 26.2 Å². The number of hydrogen-bond donors (Lipinski definition) is 2. The van der Waals surface area contributed by atoms with Crippen LogP contribution in [0.3, 0.4) is 0 Å². The third-order valence-corrected chi connectivity index (χ3v) is 3.71. The molecule has 0 radical (unpaired) electrons. The summed E-state index contributed by atoms with van der Waals surface area (Å²) in [5.41, 5.74) is 8.41. The molecular weight excluding hydrogens is 394 g/mol. The Labute approximate surface area is 160 Å². The first kappa shape index (κ1) is 19.3. The quantitative estimate of drug-likeness (QED) is 0.459. The number of benzene rings is 2. The van der Waals surface area contributed by atoms with Crippen LogP contribution in [0.2, 0.25) is 0 Å². The number of guanidine groups is 1. The molecule has 0 spiro atoms. The minimum atomic E-state index is -0.555. The first-order valence-corrected chi connectivity index (χ1v) is 8.59. The molecule has 0 aliphatic rings. The van der Waals surface area contributed by atoms with E-state index in [1.54, 1.807) is 12.2 Å². The van der Waals surface area contributed by atoms with Crippen LogP contribution >= 0.6 is 15.9 Å². The first-order valence-electron chi connectivity index (χ1n) is 7.80. The number of nitrogens with one attached hydrogen (secondary N) is 1. The van der Waals surface area contributed by atoms with Crippen molar-refractivity contribution in [3.63, 3.8) is 0 Å². The molecule has 0 aliphatic carbocycles. The summed E-state index contributed by atoms with van der Waals surface area (Å²) in [6.45, 7) is 1.96. The van der Waals surface area contributed by atoms with Crippen molar-refractivity contribution in [3.05, 3.63) is 81.8 Å². The highest BCUT2D eigenvalue weighted by Crippen LogP contribution is 2.12. The maximum absolute atomic E-state index is 11.8. The molecule has 2 aromatic rings. The van der Waals surface area contributed by atoms with Crippen LogP contribution in [0.15, 0.2) is 70.1 Å². The van der Waals surface area contributed by atoms with Gasteiger partial charge in [-0.25, -0.2) is 0 Å². The molecule has 0 aromatic heterocycles. The minimum absolute atomic E-state index is 0.257. The highest BCUT2D eigenvalue weighted by atomic mass is 79.9. The van der Waals surface area contributed by atoms with E-state index in [-0.39, 0.29) is 5.96 Å². The Hall–Kier alpha value is -2.99. The van der Waals surface area contributed by atoms with Gasteiger partial charge in [-0.2, -0.15) is 4.99 Å². The molecule has 0 fully saturated rings. The largest absolute Gasteiger partial charge is 0.369 e. The summed E-state index contributed by atoms with van der Waals surface area (Å²) in [7, 11) is 0. The van der Waals surface area contributed by atoms with Gasteiger partial charge < -0.3 is 5.73 Å². The van der Waals surface area contributed by atoms with Gasteiger partial charge in [0.1, 0.15) is 0 Å². The lowest BCUT2D eigenvalue weighted by Gasteiger charge is -2.00. The van der Waals surface area contributed by atoms with Gasteiger partial charge in [-0.15, -0.1) is 0 Å². The van der Waals surface area contributed by atoms with E-state index in [4.69, 9.17) is 5.73 Å². The third kappa shape index (κ3) is 6.86. The van der Waals surface area contributed by atoms with Gasteiger partial charge in [0, 0.05) is 16.6 Å². The lowest BCUT2D eigenvalue weighted by Crippen LogP contribution is -2.36. The molecule has 3 N–H and O–H groups in total. The van der Waals surface area contributed by atoms with Gasteiger partial charge in [0.25, 0.3) is 11.8 Å².